The van der Waals surface area contributed by atoms with Crippen LogP contribution in [0.3, 0.4) is 0 Å². The van der Waals surface area contributed by atoms with Crippen molar-refractivity contribution in [1.82, 2.24) is 0 Å². The van der Waals surface area contributed by atoms with E-state index in [9.17, 15) is 32.3 Å². The van der Waals surface area contributed by atoms with E-state index in [1.807, 2.05) is 0 Å². The van der Waals surface area contributed by atoms with Crippen LogP contribution in [0.4, 0.5) is 28.0 Å². The van der Waals surface area contributed by atoms with E-state index in [0.717, 1.165) is 30.3 Å². The summed E-state index contributed by atoms with van der Waals surface area (Å²) >= 11 is 0. The van der Waals surface area contributed by atoms with Crippen molar-refractivity contribution in [3.63, 3.8) is 0 Å². The smallest absolute Gasteiger partial charge is 0.416 e. The van der Waals surface area contributed by atoms with Gasteiger partial charge in [0.2, 0.25) is 0 Å². The molecule has 2 N–H and O–H groups in total. The van der Waals surface area contributed by atoms with Crippen LogP contribution >= 0.6 is 0 Å². The molecule has 0 fully saturated rings. The highest BCUT2D eigenvalue weighted by molar-refractivity contribution is 5.84. The zero-order valence-corrected chi connectivity index (χ0v) is 16.7. The van der Waals surface area contributed by atoms with Gasteiger partial charge in [-0.05, 0) is 55.8 Å². The number of hydrogen-bond acceptors (Lipinski definition) is 4. The van der Waals surface area contributed by atoms with Gasteiger partial charge in [-0.2, -0.15) is 13.2 Å². The fourth-order valence-corrected chi connectivity index (χ4v) is 2.64. The second-order valence-electron chi connectivity index (χ2n) is 6.92. The van der Waals surface area contributed by atoms with Crippen molar-refractivity contribution in [2.45, 2.75) is 45.3 Å². The molecule has 0 aromatic heterocycles. The highest BCUT2D eigenvalue weighted by Crippen LogP contribution is 2.29. The van der Waals surface area contributed by atoms with Gasteiger partial charge in [0.15, 0.2) is 6.10 Å². The van der Waals surface area contributed by atoms with Gasteiger partial charge in [0.05, 0.1) is 11.7 Å². The maximum absolute atomic E-state index is 14.0. The summed E-state index contributed by atoms with van der Waals surface area (Å²) in [5.41, 5.74) is -0.321. The maximum atomic E-state index is 14.0. The van der Waals surface area contributed by atoms with Crippen molar-refractivity contribution >= 4 is 17.7 Å². The van der Waals surface area contributed by atoms with Crippen molar-refractivity contribution in [2.24, 2.45) is 0 Å². The van der Waals surface area contributed by atoms with Gasteiger partial charge in [-0.15, -0.1) is 0 Å². The van der Waals surface area contributed by atoms with Crippen LogP contribution in [0.2, 0.25) is 0 Å². The molecule has 6 nitrogen and oxygen atoms in total. The quantitative estimate of drug-likeness (QED) is 0.560. The second-order valence-corrected chi connectivity index (χ2v) is 6.92. The number of carboxylic acid groups (broad SMARTS) is 1. The van der Waals surface area contributed by atoms with Crippen molar-refractivity contribution < 1.29 is 41.7 Å². The maximum Gasteiger partial charge on any atom is 0.416 e. The first kappa shape index (κ1) is 24.1. The molecule has 0 aliphatic carbocycles. The number of anilines is 1. The predicted molar refractivity (Wildman–Crippen MR) is 103 cm³/mol. The highest BCUT2D eigenvalue weighted by Gasteiger charge is 2.30. The summed E-state index contributed by atoms with van der Waals surface area (Å²) in [6.45, 7) is 2.92. The average Bonchev–Trinajstić information content (AvgIpc) is 2.67. The van der Waals surface area contributed by atoms with Crippen LogP contribution < -0.4 is 5.32 Å². The summed E-state index contributed by atoms with van der Waals surface area (Å²) in [7, 11) is 0. The summed E-state index contributed by atoms with van der Waals surface area (Å²) in [6.07, 6.45) is -6.95. The predicted octanol–water partition coefficient (Wildman–Crippen LogP) is 5.01. The Bertz CT molecular complexity index is 913. The largest absolute Gasteiger partial charge is 0.479 e. The SMILES string of the molecule is CC(C)OC(Cc1ccc(F)c(COC(=O)Nc2ccc(C(F)(F)F)cc2)c1)C(=O)O. The third-order valence-corrected chi connectivity index (χ3v) is 4.06. The molecule has 0 heterocycles. The zero-order valence-electron chi connectivity index (χ0n) is 16.7. The molecule has 1 amide bonds. The molecule has 0 saturated heterocycles. The van der Waals surface area contributed by atoms with Crippen LogP contribution in [0.5, 0.6) is 0 Å². The lowest BCUT2D eigenvalue weighted by Crippen LogP contribution is -2.29. The van der Waals surface area contributed by atoms with E-state index >= 15 is 0 Å². The Kier molecular flexibility index (Phi) is 7.98. The number of ether oxygens (including phenoxy) is 2. The first-order chi connectivity index (χ1) is 14.5. The van der Waals surface area contributed by atoms with Crippen LogP contribution in [0.25, 0.3) is 0 Å². The van der Waals surface area contributed by atoms with Gasteiger partial charge in [0.1, 0.15) is 12.4 Å². The third kappa shape index (κ3) is 7.56. The van der Waals surface area contributed by atoms with E-state index in [4.69, 9.17) is 9.47 Å². The van der Waals surface area contributed by atoms with E-state index in [-0.39, 0.29) is 23.8 Å². The Labute approximate surface area is 175 Å². The van der Waals surface area contributed by atoms with E-state index < -0.39 is 42.3 Å². The lowest BCUT2D eigenvalue weighted by molar-refractivity contribution is -0.153. The number of halogens is 4. The molecule has 0 aliphatic rings. The molecule has 0 aliphatic heterocycles. The summed E-state index contributed by atoms with van der Waals surface area (Å²) in [6, 6.07) is 7.61. The number of amides is 1. The van der Waals surface area contributed by atoms with Gasteiger partial charge in [-0.25, -0.2) is 14.0 Å². The number of carboxylic acids is 1. The number of rotatable bonds is 8. The van der Waals surface area contributed by atoms with E-state index in [1.165, 1.54) is 12.1 Å². The van der Waals surface area contributed by atoms with Crippen LogP contribution in [0, 0.1) is 5.82 Å². The first-order valence-corrected chi connectivity index (χ1v) is 9.22. The molecule has 1 atom stereocenters. The number of carbonyl (C=O) groups is 2. The van der Waals surface area contributed by atoms with Crippen LogP contribution in [0.1, 0.15) is 30.5 Å². The number of hydrogen-bond donors (Lipinski definition) is 2. The molecule has 2 aromatic carbocycles. The van der Waals surface area contributed by atoms with Crippen LogP contribution in [-0.2, 0) is 33.5 Å². The lowest BCUT2D eigenvalue weighted by Gasteiger charge is -2.17. The molecule has 0 bridgehead atoms. The number of aliphatic carboxylic acids is 1. The van der Waals surface area contributed by atoms with Crippen molar-refractivity contribution in [2.75, 3.05) is 5.32 Å². The molecular weight excluding hydrogens is 422 g/mol. The van der Waals surface area contributed by atoms with Gasteiger partial charge in [-0.3, -0.25) is 5.32 Å². The van der Waals surface area contributed by atoms with Crippen molar-refractivity contribution in [3.8, 4) is 0 Å². The average molecular weight is 443 g/mol. The zero-order chi connectivity index (χ0) is 23.2. The lowest BCUT2D eigenvalue weighted by atomic mass is 10.0. The molecular formula is C21H21F4NO5. The number of benzene rings is 2. The summed E-state index contributed by atoms with van der Waals surface area (Å²) < 4.78 is 62.0. The van der Waals surface area contributed by atoms with Crippen LogP contribution in [-0.4, -0.2) is 29.4 Å². The highest BCUT2D eigenvalue weighted by atomic mass is 19.4. The van der Waals surface area contributed by atoms with E-state index in [1.54, 1.807) is 13.8 Å². The normalized spacial score (nSPS) is 12.5. The van der Waals surface area contributed by atoms with Gasteiger partial charge >= 0.3 is 18.2 Å². The molecule has 2 aromatic rings. The number of alkyl halides is 3. The fraction of sp³-hybridized carbons (Fsp3) is 0.333. The molecule has 0 radical (unpaired) electrons. The first-order valence-electron chi connectivity index (χ1n) is 9.22. The Morgan fingerprint density at radius 1 is 1.10 bits per heavy atom. The van der Waals surface area contributed by atoms with Crippen molar-refractivity contribution in [1.29, 1.82) is 0 Å². The molecule has 10 heteroatoms. The number of nitrogens with one attached hydrogen (secondary N) is 1. The third-order valence-electron chi connectivity index (χ3n) is 4.06. The number of carbonyl (C=O) groups excluding carboxylic acids is 1. The monoisotopic (exact) mass is 443 g/mol. The minimum Gasteiger partial charge on any atom is -0.479 e. The molecule has 1 unspecified atom stereocenters. The van der Waals surface area contributed by atoms with Crippen LogP contribution in [0.15, 0.2) is 42.5 Å². The van der Waals surface area contributed by atoms with Crippen molar-refractivity contribution in [3.05, 3.63) is 65.0 Å². The molecule has 31 heavy (non-hydrogen) atoms. The Morgan fingerprint density at radius 3 is 2.29 bits per heavy atom. The Balaban J connectivity index is 1.98. The molecule has 0 spiro atoms. The Morgan fingerprint density at radius 2 is 1.74 bits per heavy atom. The van der Waals surface area contributed by atoms with Gasteiger partial charge in [0.25, 0.3) is 0 Å². The second kappa shape index (κ2) is 10.3. The van der Waals surface area contributed by atoms with E-state index in [0.29, 0.717) is 5.56 Å². The standard InChI is InChI=1S/C21H21F4NO5/c1-12(2)31-18(19(27)28)10-13-3-8-17(22)14(9-13)11-30-20(29)26-16-6-4-15(5-7-16)21(23,24)25/h3-9,12,18H,10-11H2,1-2H3,(H,26,29)(H,27,28). The van der Waals surface area contributed by atoms with Gasteiger partial charge in [-0.1, -0.05) is 6.07 Å². The Hall–Kier alpha value is -3.14. The molecule has 2 rings (SSSR count). The molecule has 168 valence electrons. The topological polar surface area (TPSA) is 84.9 Å². The van der Waals surface area contributed by atoms with E-state index in [2.05, 4.69) is 5.32 Å². The summed E-state index contributed by atoms with van der Waals surface area (Å²) in [5, 5.41) is 11.5. The summed E-state index contributed by atoms with van der Waals surface area (Å²) in [4.78, 5) is 23.2. The fourth-order valence-electron chi connectivity index (χ4n) is 2.64. The van der Waals surface area contributed by atoms with Gasteiger partial charge < -0.3 is 14.6 Å². The summed E-state index contributed by atoms with van der Waals surface area (Å²) in [5.74, 6) is -1.82. The minimum absolute atomic E-state index is 0.00811. The van der Waals surface area contributed by atoms with Gasteiger partial charge in [0, 0.05) is 17.7 Å². The minimum atomic E-state index is -4.50. The molecule has 0 saturated carbocycles.